The van der Waals surface area contributed by atoms with E-state index in [1.807, 2.05) is 0 Å². The third-order valence-electron chi connectivity index (χ3n) is 2.54. The quantitative estimate of drug-likeness (QED) is 0.383. The van der Waals surface area contributed by atoms with Crippen molar-refractivity contribution in [3.05, 3.63) is 41.3 Å². The summed E-state index contributed by atoms with van der Waals surface area (Å²) in [5.74, 6) is 0.0483. The Balaban J connectivity index is 2.45. The molecule has 0 aliphatic rings. The highest BCUT2D eigenvalue weighted by molar-refractivity contribution is 6.00. The summed E-state index contributed by atoms with van der Waals surface area (Å²) in [6.45, 7) is 1.70. The van der Waals surface area contributed by atoms with Crippen LogP contribution in [0.5, 0.6) is 11.6 Å². The molecule has 1 aromatic heterocycles. The minimum absolute atomic E-state index is 0.114. The summed E-state index contributed by atoms with van der Waals surface area (Å²) in [5, 5.41) is 15.8. The van der Waals surface area contributed by atoms with Gasteiger partial charge in [0, 0.05) is 13.1 Å². The molecule has 0 saturated heterocycles. The van der Waals surface area contributed by atoms with Crippen molar-refractivity contribution < 1.29 is 14.3 Å². The molecular formula is C12H13FN4O2. The molecule has 0 saturated carbocycles. The molecule has 0 spiro atoms. The molecule has 0 aliphatic carbocycles. The Morgan fingerprint density at radius 1 is 1.53 bits per heavy atom. The number of nitrogens with two attached hydrogens (primary N) is 1. The first kappa shape index (κ1) is 12.9. The Labute approximate surface area is 108 Å². The monoisotopic (exact) mass is 264 g/mol. The molecule has 3 N–H and O–H groups in total. The lowest BCUT2D eigenvalue weighted by Crippen LogP contribution is -2.15. The third kappa shape index (κ3) is 2.49. The number of amidine groups is 1. The number of ether oxygens (including phenoxy) is 1. The first-order valence-corrected chi connectivity index (χ1v) is 5.48. The minimum atomic E-state index is -0.415. The van der Waals surface area contributed by atoms with Crippen LogP contribution in [0.1, 0.15) is 11.3 Å². The van der Waals surface area contributed by atoms with E-state index in [-0.39, 0.29) is 11.7 Å². The summed E-state index contributed by atoms with van der Waals surface area (Å²) in [6.07, 6.45) is 0. The van der Waals surface area contributed by atoms with Crippen molar-refractivity contribution in [1.29, 1.82) is 0 Å². The molecular weight excluding hydrogens is 251 g/mol. The lowest BCUT2D eigenvalue weighted by molar-refractivity contribution is 0.318. The van der Waals surface area contributed by atoms with Gasteiger partial charge in [-0.2, -0.15) is 5.10 Å². The van der Waals surface area contributed by atoms with Crippen molar-refractivity contribution in [3.8, 4) is 11.6 Å². The molecule has 1 heterocycles. The number of rotatable bonds is 3. The van der Waals surface area contributed by atoms with Gasteiger partial charge >= 0.3 is 0 Å². The van der Waals surface area contributed by atoms with Crippen LogP contribution in [0.3, 0.4) is 0 Å². The summed E-state index contributed by atoms with van der Waals surface area (Å²) in [6, 6.07) is 5.67. The number of benzene rings is 1. The Morgan fingerprint density at radius 3 is 2.89 bits per heavy atom. The maximum Gasteiger partial charge on any atom is 0.229 e. The van der Waals surface area contributed by atoms with Gasteiger partial charge in [0.2, 0.25) is 5.88 Å². The molecule has 0 fully saturated rings. The molecule has 2 aromatic rings. The van der Waals surface area contributed by atoms with Crippen LogP contribution in [-0.2, 0) is 7.05 Å². The second-order valence-electron chi connectivity index (χ2n) is 3.93. The van der Waals surface area contributed by atoms with Crippen LogP contribution in [0.4, 0.5) is 4.39 Å². The smallest absolute Gasteiger partial charge is 0.229 e. The SMILES string of the molecule is Cc1nn(C)c(Oc2cccc(F)c2)c1C(N)=NO. The molecule has 6 nitrogen and oxygen atoms in total. The fourth-order valence-corrected chi connectivity index (χ4v) is 1.74. The van der Waals surface area contributed by atoms with Gasteiger partial charge < -0.3 is 15.7 Å². The summed E-state index contributed by atoms with van der Waals surface area (Å²) in [7, 11) is 1.65. The van der Waals surface area contributed by atoms with Gasteiger partial charge in [0.15, 0.2) is 5.84 Å². The zero-order valence-corrected chi connectivity index (χ0v) is 10.5. The fourth-order valence-electron chi connectivity index (χ4n) is 1.74. The van der Waals surface area contributed by atoms with Gasteiger partial charge in [0.1, 0.15) is 17.1 Å². The molecule has 7 heteroatoms. The Kier molecular flexibility index (Phi) is 3.37. The highest BCUT2D eigenvalue weighted by Gasteiger charge is 2.19. The first-order valence-electron chi connectivity index (χ1n) is 5.48. The van der Waals surface area contributed by atoms with Gasteiger partial charge in [-0.05, 0) is 19.1 Å². The Hall–Kier alpha value is -2.57. The number of aromatic nitrogens is 2. The van der Waals surface area contributed by atoms with E-state index >= 15 is 0 Å². The molecule has 2 rings (SSSR count). The molecule has 0 amide bonds. The molecule has 1 aromatic carbocycles. The fraction of sp³-hybridized carbons (Fsp3) is 0.167. The molecule has 0 unspecified atom stereocenters. The highest BCUT2D eigenvalue weighted by Crippen LogP contribution is 2.27. The van der Waals surface area contributed by atoms with Crippen LogP contribution < -0.4 is 10.5 Å². The van der Waals surface area contributed by atoms with Crippen LogP contribution in [-0.4, -0.2) is 20.8 Å². The second kappa shape index (κ2) is 4.97. The average Bonchev–Trinajstić information content (AvgIpc) is 2.63. The Morgan fingerprint density at radius 2 is 2.26 bits per heavy atom. The van der Waals surface area contributed by atoms with Gasteiger partial charge in [0.25, 0.3) is 0 Å². The van der Waals surface area contributed by atoms with Gasteiger partial charge in [-0.3, -0.25) is 0 Å². The van der Waals surface area contributed by atoms with E-state index in [0.29, 0.717) is 17.0 Å². The summed E-state index contributed by atoms with van der Waals surface area (Å²) in [4.78, 5) is 0. The molecule has 100 valence electrons. The van der Waals surface area contributed by atoms with E-state index < -0.39 is 5.82 Å². The molecule has 19 heavy (non-hydrogen) atoms. The number of hydrogen-bond acceptors (Lipinski definition) is 4. The van der Waals surface area contributed by atoms with Crippen LogP contribution in [0.25, 0.3) is 0 Å². The van der Waals surface area contributed by atoms with E-state index in [2.05, 4.69) is 10.3 Å². The predicted octanol–water partition coefficient (Wildman–Crippen LogP) is 1.75. The zero-order valence-electron chi connectivity index (χ0n) is 10.5. The topological polar surface area (TPSA) is 85.7 Å². The van der Waals surface area contributed by atoms with Crippen molar-refractivity contribution in [2.75, 3.05) is 0 Å². The van der Waals surface area contributed by atoms with Crippen LogP contribution in [0, 0.1) is 12.7 Å². The number of oxime groups is 1. The summed E-state index contributed by atoms with van der Waals surface area (Å²) < 4.78 is 20.1. The van der Waals surface area contributed by atoms with Crippen LogP contribution in [0.2, 0.25) is 0 Å². The van der Waals surface area contributed by atoms with Gasteiger partial charge in [-0.15, -0.1) is 0 Å². The van der Waals surface area contributed by atoms with Gasteiger partial charge in [0.05, 0.1) is 5.69 Å². The summed E-state index contributed by atoms with van der Waals surface area (Å²) >= 11 is 0. The maximum atomic E-state index is 13.1. The Bertz CT molecular complexity index is 637. The van der Waals surface area contributed by atoms with E-state index in [4.69, 9.17) is 15.7 Å². The van der Waals surface area contributed by atoms with Gasteiger partial charge in [-0.25, -0.2) is 9.07 Å². The standard InChI is InChI=1S/C12H13FN4O2/c1-7-10(11(14)16-18)12(17(2)15-7)19-9-5-3-4-8(13)6-9/h3-6,18H,1-2H3,(H2,14,16). The lowest BCUT2D eigenvalue weighted by Gasteiger charge is -2.08. The number of hydrogen-bond donors (Lipinski definition) is 2. The average molecular weight is 264 g/mol. The lowest BCUT2D eigenvalue weighted by atomic mass is 10.2. The van der Waals surface area contributed by atoms with E-state index in [9.17, 15) is 4.39 Å². The highest BCUT2D eigenvalue weighted by atomic mass is 19.1. The number of halogens is 1. The molecule has 0 aliphatic heterocycles. The molecule has 0 bridgehead atoms. The first-order chi connectivity index (χ1) is 9.02. The molecule has 0 radical (unpaired) electrons. The maximum absolute atomic E-state index is 13.1. The van der Waals surface area contributed by atoms with Crippen LogP contribution in [0.15, 0.2) is 29.4 Å². The van der Waals surface area contributed by atoms with Crippen molar-refractivity contribution in [2.24, 2.45) is 17.9 Å². The van der Waals surface area contributed by atoms with Crippen molar-refractivity contribution in [3.63, 3.8) is 0 Å². The van der Waals surface area contributed by atoms with Gasteiger partial charge in [-0.1, -0.05) is 11.2 Å². The van der Waals surface area contributed by atoms with Crippen molar-refractivity contribution in [1.82, 2.24) is 9.78 Å². The van der Waals surface area contributed by atoms with E-state index in [1.54, 1.807) is 20.0 Å². The largest absolute Gasteiger partial charge is 0.438 e. The van der Waals surface area contributed by atoms with Crippen molar-refractivity contribution in [2.45, 2.75) is 6.92 Å². The number of aryl methyl sites for hydroxylation is 2. The predicted molar refractivity (Wildman–Crippen MR) is 66.9 cm³/mol. The molecule has 0 atom stereocenters. The summed E-state index contributed by atoms with van der Waals surface area (Å²) in [5.41, 5.74) is 6.50. The van der Waals surface area contributed by atoms with E-state index in [1.165, 1.54) is 22.9 Å². The van der Waals surface area contributed by atoms with E-state index in [0.717, 1.165) is 0 Å². The van der Waals surface area contributed by atoms with Crippen molar-refractivity contribution >= 4 is 5.84 Å². The van der Waals surface area contributed by atoms with Crippen LogP contribution >= 0.6 is 0 Å². The number of nitrogens with zero attached hydrogens (tertiary/aromatic N) is 3. The second-order valence-corrected chi connectivity index (χ2v) is 3.93. The zero-order chi connectivity index (χ0) is 14.0. The normalized spacial score (nSPS) is 11.6. The minimum Gasteiger partial charge on any atom is -0.438 e. The third-order valence-corrected chi connectivity index (χ3v) is 2.54.